The number of aliphatic imine (C=N–C) groups is 1. The standard InChI is InChI=1S/C19H37N3O2/c1-4-9-19(2)10-6-12-22(16-19)18(20-3)21-11-7-13-23-15-17-8-5-14-24-17/h17H,4-16H2,1-3H3,(H,20,21). The molecule has 0 aliphatic carbocycles. The number of hydrogen-bond acceptors (Lipinski definition) is 3. The molecule has 2 aliphatic rings. The number of likely N-dealkylation sites (tertiary alicyclic amines) is 1. The minimum absolute atomic E-state index is 0.329. The van der Waals surface area contributed by atoms with Crippen molar-refractivity contribution in [2.45, 2.75) is 64.9 Å². The molecule has 2 fully saturated rings. The average Bonchev–Trinajstić information content (AvgIpc) is 3.07. The van der Waals surface area contributed by atoms with Crippen molar-refractivity contribution >= 4 is 5.96 Å². The van der Waals surface area contributed by atoms with Gasteiger partial charge in [-0.05, 0) is 43.9 Å². The van der Waals surface area contributed by atoms with Crippen molar-refractivity contribution in [3.8, 4) is 0 Å². The van der Waals surface area contributed by atoms with Gasteiger partial charge in [-0.2, -0.15) is 0 Å². The fourth-order valence-electron chi connectivity index (χ4n) is 4.00. The molecule has 0 amide bonds. The first-order valence-electron chi connectivity index (χ1n) is 9.82. The Balaban J connectivity index is 1.62. The quantitative estimate of drug-likeness (QED) is 0.419. The van der Waals surface area contributed by atoms with E-state index in [4.69, 9.17) is 9.47 Å². The van der Waals surface area contributed by atoms with Crippen LogP contribution in [0, 0.1) is 5.41 Å². The van der Waals surface area contributed by atoms with Gasteiger partial charge < -0.3 is 19.7 Å². The molecule has 140 valence electrons. The van der Waals surface area contributed by atoms with Gasteiger partial charge in [0.15, 0.2) is 5.96 Å². The van der Waals surface area contributed by atoms with E-state index in [1.54, 1.807) is 0 Å². The van der Waals surface area contributed by atoms with Gasteiger partial charge in [-0.15, -0.1) is 0 Å². The molecule has 2 aliphatic heterocycles. The van der Waals surface area contributed by atoms with Gasteiger partial charge in [0, 0.05) is 39.9 Å². The molecule has 0 radical (unpaired) electrons. The van der Waals surface area contributed by atoms with E-state index in [-0.39, 0.29) is 0 Å². The second kappa shape index (κ2) is 10.2. The zero-order chi connectivity index (χ0) is 17.3. The Hall–Kier alpha value is -0.810. The molecular formula is C19H37N3O2. The fourth-order valence-corrected chi connectivity index (χ4v) is 4.00. The van der Waals surface area contributed by atoms with E-state index in [0.717, 1.165) is 58.3 Å². The molecular weight excluding hydrogens is 302 g/mol. The molecule has 0 bridgehead atoms. The molecule has 0 aromatic rings. The van der Waals surface area contributed by atoms with Gasteiger partial charge >= 0.3 is 0 Å². The van der Waals surface area contributed by atoms with Crippen LogP contribution in [0.25, 0.3) is 0 Å². The van der Waals surface area contributed by atoms with E-state index in [0.29, 0.717) is 11.5 Å². The van der Waals surface area contributed by atoms with E-state index in [1.165, 1.54) is 32.1 Å². The second-order valence-electron chi connectivity index (χ2n) is 7.62. The summed E-state index contributed by atoms with van der Waals surface area (Å²) in [6.07, 6.45) is 8.83. The predicted molar refractivity (Wildman–Crippen MR) is 99.6 cm³/mol. The summed E-state index contributed by atoms with van der Waals surface area (Å²) in [4.78, 5) is 6.93. The Kier molecular flexibility index (Phi) is 8.33. The van der Waals surface area contributed by atoms with Crippen molar-refractivity contribution in [3.63, 3.8) is 0 Å². The summed E-state index contributed by atoms with van der Waals surface area (Å²) >= 11 is 0. The fraction of sp³-hybridized carbons (Fsp3) is 0.947. The Morgan fingerprint density at radius 1 is 1.42 bits per heavy atom. The number of nitrogens with zero attached hydrogens (tertiary/aromatic N) is 2. The molecule has 2 unspecified atom stereocenters. The second-order valence-corrected chi connectivity index (χ2v) is 7.62. The Bertz CT molecular complexity index is 379. The van der Waals surface area contributed by atoms with Crippen LogP contribution < -0.4 is 5.32 Å². The highest BCUT2D eigenvalue weighted by Crippen LogP contribution is 2.33. The van der Waals surface area contributed by atoms with Crippen molar-refractivity contribution in [1.29, 1.82) is 0 Å². The van der Waals surface area contributed by atoms with Crippen LogP contribution in [0.5, 0.6) is 0 Å². The lowest BCUT2D eigenvalue weighted by molar-refractivity contribution is 0.0168. The van der Waals surface area contributed by atoms with Gasteiger partial charge in [0.1, 0.15) is 0 Å². The first kappa shape index (κ1) is 19.5. The number of rotatable bonds is 8. The third kappa shape index (κ3) is 6.25. The van der Waals surface area contributed by atoms with Crippen LogP contribution >= 0.6 is 0 Å². The summed E-state index contributed by atoms with van der Waals surface area (Å²) in [6, 6.07) is 0. The number of guanidine groups is 1. The first-order valence-corrected chi connectivity index (χ1v) is 9.82. The van der Waals surface area contributed by atoms with Gasteiger partial charge in [-0.1, -0.05) is 20.3 Å². The lowest BCUT2D eigenvalue weighted by atomic mass is 9.78. The Morgan fingerprint density at radius 3 is 3.00 bits per heavy atom. The maximum atomic E-state index is 5.73. The minimum Gasteiger partial charge on any atom is -0.379 e. The van der Waals surface area contributed by atoms with E-state index in [1.807, 2.05) is 7.05 Å². The molecule has 5 nitrogen and oxygen atoms in total. The van der Waals surface area contributed by atoms with Gasteiger partial charge in [0.25, 0.3) is 0 Å². The molecule has 1 N–H and O–H groups in total. The van der Waals surface area contributed by atoms with E-state index < -0.39 is 0 Å². The van der Waals surface area contributed by atoms with Crippen LogP contribution in [0.1, 0.15) is 58.8 Å². The lowest BCUT2D eigenvalue weighted by Gasteiger charge is -2.42. The number of piperidine rings is 1. The van der Waals surface area contributed by atoms with Crippen LogP contribution in [0.4, 0.5) is 0 Å². The molecule has 0 spiro atoms. The van der Waals surface area contributed by atoms with Crippen LogP contribution in [-0.4, -0.2) is 63.5 Å². The summed E-state index contributed by atoms with van der Waals surface area (Å²) in [5.74, 6) is 1.05. The van der Waals surface area contributed by atoms with Crippen LogP contribution in [0.2, 0.25) is 0 Å². The lowest BCUT2D eigenvalue weighted by Crippen LogP contribution is -2.50. The summed E-state index contributed by atoms with van der Waals surface area (Å²) in [6.45, 7) is 10.3. The van der Waals surface area contributed by atoms with Crippen LogP contribution in [0.3, 0.4) is 0 Å². The average molecular weight is 340 g/mol. The Labute approximate surface area is 148 Å². The molecule has 0 saturated carbocycles. The molecule has 2 heterocycles. The minimum atomic E-state index is 0.329. The highest BCUT2D eigenvalue weighted by Gasteiger charge is 2.31. The predicted octanol–water partition coefficient (Wildman–Crippen LogP) is 3.05. The van der Waals surface area contributed by atoms with Crippen molar-refractivity contribution in [3.05, 3.63) is 0 Å². The van der Waals surface area contributed by atoms with Crippen molar-refractivity contribution < 1.29 is 9.47 Å². The Morgan fingerprint density at radius 2 is 2.29 bits per heavy atom. The largest absolute Gasteiger partial charge is 0.379 e. The van der Waals surface area contributed by atoms with Crippen LogP contribution in [-0.2, 0) is 9.47 Å². The first-order chi connectivity index (χ1) is 11.7. The van der Waals surface area contributed by atoms with Crippen LogP contribution in [0.15, 0.2) is 4.99 Å². The molecule has 2 atom stereocenters. The van der Waals surface area contributed by atoms with Crippen molar-refractivity contribution in [1.82, 2.24) is 10.2 Å². The number of nitrogens with one attached hydrogen (secondary N) is 1. The van der Waals surface area contributed by atoms with Gasteiger partial charge in [0.05, 0.1) is 12.7 Å². The molecule has 5 heteroatoms. The third-order valence-corrected chi connectivity index (χ3v) is 5.22. The monoisotopic (exact) mass is 339 g/mol. The summed E-state index contributed by atoms with van der Waals surface area (Å²) in [7, 11) is 1.89. The molecule has 2 rings (SSSR count). The van der Waals surface area contributed by atoms with Crippen molar-refractivity contribution in [2.24, 2.45) is 10.4 Å². The van der Waals surface area contributed by atoms with Gasteiger partial charge in [0.2, 0.25) is 0 Å². The smallest absolute Gasteiger partial charge is 0.193 e. The van der Waals surface area contributed by atoms with E-state index in [9.17, 15) is 0 Å². The maximum absolute atomic E-state index is 5.73. The van der Waals surface area contributed by atoms with E-state index in [2.05, 4.69) is 29.1 Å². The number of ether oxygens (including phenoxy) is 2. The van der Waals surface area contributed by atoms with Gasteiger partial charge in [-0.25, -0.2) is 0 Å². The summed E-state index contributed by atoms with van der Waals surface area (Å²) < 4.78 is 11.3. The normalized spacial score (nSPS) is 28.4. The zero-order valence-electron chi connectivity index (χ0n) is 16.0. The number of hydrogen-bond donors (Lipinski definition) is 1. The highest BCUT2D eigenvalue weighted by molar-refractivity contribution is 5.80. The molecule has 0 aromatic heterocycles. The topological polar surface area (TPSA) is 46.1 Å². The molecule has 0 aromatic carbocycles. The molecule has 2 saturated heterocycles. The third-order valence-electron chi connectivity index (χ3n) is 5.22. The summed E-state index contributed by atoms with van der Waals surface area (Å²) in [5.41, 5.74) is 0.439. The zero-order valence-corrected chi connectivity index (χ0v) is 16.0. The maximum Gasteiger partial charge on any atom is 0.193 e. The van der Waals surface area contributed by atoms with Gasteiger partial charge in [-0.3, -0.25) is 4.99 Å². The highest BCUT2D eigenvalue weighted by atomic mass is 16.5. The van der Waals surface area contributed by atoms with Crippen molar-refractivity contribution in [2.75, 3.05) is 46.5 Å². The summed E-state index contributed by atoms with van der Waals surface area (Å²) in [5, 5.41) is 3.51. The van der Waals surface area contributed by atoms with E-state index >= 15 is 0 Å². The SMILES string of the molecule is CCCC1(C)CCCN(C(=NC)NCCCOCC2CCCO2)C1. The molecule has 24 heavy (non-hydrogen) atoms.